The molecule has 27 heavy (non-hydrogen) atoms. The van der Waals surface area contributed by atoms with Gasteiger partial charge in [0.25, 0.3) is 0 Å². The Morgan fingerprint density at radius 1 is 1.22 bits per heavy atom. The van der Waals surface area contributed by atoms with Crippen molar-refractivity contribution in [3.05, 3.63) is 43.5 Å². The quantitative estimate of drug-likeness (QED) is 0.377. The van der Waals surface area contributed by atoms with E-state index in [-0.39, 0.29) is 11.7 Å². The third kappa shape index (κ3) is 4.82. The maximum absolute atomic E-state index is 12.3. The molecular formula is C18H23N5O3S. The second kappa shape index (κ2) is 9.67. The molecule has 0 aliphatic rings. The molecule has 1 aromatic heterocycles. The van der Waals surface area contributed by atoms with Gasteiger partial charge in [0, 0.05) is 18.7 Å². The minimum Gasteiger partial charge on any atom is -0.493 e. The Bertz CT molecular complexity index is 811. The molecule has 0 aliphatic heterocycles. The number of carbonyl (C=O) groups excluding carboxylic acids is 1. The van der Waals surface area contributed by atoms with Gasteiger partial charge in [-0.1, -0.05) is 23.9 Å². The van der Waals surface area contributed by atoms with Crippen LogP contribution in [0, 0.1) is 0 Å². The number of thioether (sulfide) groups is 1. The van der Waals surface area contributed by atoms with Crippen LogP contribution in [0.15, 0.2) is 48.7 Å². The molecule has 144 valence electrons. The van der Waals surface area contributed by atoms with Gasteiger partial charge in [0.1, 0.15) is 0 Å². The molecule has 0 aliphatic carbocycles. The molecule has 0 spiro atoms. The Morgan fingerprint density at radius 2 is 1.89 bits per heavy atom. The summed E-state index contributed by atoms with van der Waals surface area (Å²) in [5, 5.41) is 8.64. The molecule has 0 unspecified atom stereocenters. The van der Waals surface area contributed by atoms with Crippen LogP contribution in [0.1, 0.15) is 0 Å². The standard InChI is InChI=1S/C18H23N5O3S/c1-5-9-22(10-6-2)16(24)12-27-18-21-20-17(23(18)19)13-7-8-14(25-3)15(11-13)26-4/h5-8,11H,1-2,9-10,12,19H2,3-4H3. The predicted molar refractivity (Wildman–Crippen MR) is 106 cm³/mol. The number of methoxy groups -OCH3 is 2. The summed E-state index contributed by atoms with van der Waals surface area (Å²) in [6, 6.07) is 5.34. The third-order valence-electron chi connectivity index (χ3n) is 3.68. The van der Waals surface area contributed by atoms with Crippen molar-refractivity contribution in [2.75, 3.05) is 38.9 Å². The number of nitrogen functional groups attached to an aromatic ring is 1. The molecule has 0 radical (unpaired) electrons. The minimum atomic E-state index is -0.0598. The number of nitrogens with two attached hydrogens (primary N) is 1. The normalized spacial score (nSPS) is 10.3. The van der Waals surface area contributed by atoms with Crippen molar-refractivity contribution in [1.82, 2.24) is 19.8 Å². The smallest absolute Gasteiger partial charge is 0.233 e. The lowest BCUT2D eigenvalue weighted by molar-refractivity contribution is -0.127. The van der Waals surface area contributed by atoms with Gasteiger partial charge in [-0.25, -0.2) is 4.68 Å². The summed E-state index contributed by atoms with van der Waals surface area (Å²) in [6.45, 7) is 8.23. The number of nitrogens with zero attached hydrogens (tertiary/aromatic N) is 4. The summed E-state index contributed by atoms with van der Waals surface area (Å²) in [6.07, 6.45) is 3.35. The number of ether oxygens (including phenoxy) is 2. The van der Waals surface area contributed by atoms with Gasteiger partial charge < -0.3 is 20.2 Å². The van der Waals surface area contributed by atoms with Crippen LogP contribution in [0.3, 0.4) is 0 Å². The van der Waals surface area contributed by atoms with E-state index >= 15 is 0 Å². The average molecular weight is 389 g/mol. The van der Waals surface area contributed by atoms with Gasteiger partial charge >= 0.3 is 0 Å². The van der Waals surface area contributed by atoms with Gasteiger partial charge in [-0.3, -0.25) is 4.79 Å². The number of rotatable bonds is 10. The molecule has 2 N–H and O–H groups in total. The number of carbonyl (C=O) groups is 1. The number of amides is 1. The Balaban J connectivity index is 2.14. The molecular weight excluding hydrogens is 366 g/mol. The molecule has 2 rings (SSSR count). The molecule has 1 amide bonds. The number of aromatic nitrogens is 3. The van der Waals surface area contributed by atoms with Crippen LogP contribution < -0.4 is 15.3 Å². The highest BCUT2D eigenvalue weighted by Gasteiger charge is 2.17. The zero-order chi connectivity index (χ0) is 19.8. The molecule has 1 aromatic carbocycles. The van der Waals surface area contributed by atoms with Crippen LogP contribution in [0.2, 0.25) is 0 Å². The second-order valence-corrected chi connectivity index (χ2v) is 6.35. The van der Waals surface area contributed by atoms with E-state index in [0.29, 0.717) is 35.6 Å². The van der Waals surface area contributed by atoms with Gasteiger partial charge in [-0.2, -0.15) is 0 Å². The van der Waals surface area contributed by atoms with Gasteiger partial charge in [0.15, 0.2) is 17.3 Å². The molecule has 1 heterocycles. The van der Waals surface area contributed by atoms with Crippen molar-refractivity contribution in [3.8, 4) is 22.9 Å². The van der Waals surface area contributed by atoms with Crippen molar-refractivity contribution in [1.29, 1.82) is 0 Å². The Morgan fingerprint density at radius 3 is 2.48 bits per heavy atom. The number of hydrogen-bond donors (Lipinski definition) is 1. The van der Waals surface area contributed by atoms with Gasteiger partial charge in [0.2, 0.25) is 11.1 Å². The van der Waals surface area contributed by atoms with Crippen LogP contribution in [-0.2, 0) is 4.79 Å². The lowest BCUT2D eigenvalue weighted by Gasteiger charge is -2.18. The van der Waals surface area contributed by atoms with E-state index in [0.717, 1.165) is 5.56 Å². The Kier molecular flexibility index (Phi) is 7.30. The van der Waals surface area contributed by atoms with Crippen molar-refractivity contribution in [2.24, 2.45) is 0 Å². The minimum absolute atomic E-state index is 0.0598. The Labute approximate surface area is 162 Å². The summed E-state index contributed by atoms with van der Waals surface area (Å²) < 4.78 is 11.9. The first-order chi connectivity index (χ1) is 13.0. The molecule has 2 aromatic rings. The summed E-state index contributed by atoms with van der Waals surface area (Å²) in [5.74, 6) is 7.87. The van der Waals surface area contributed by atoms with Crippen LogP contribution >= 0.6 is 11.8 Å². The SMILES string of the molecule is C=CCN(CC=C)C(=O)CSc1nnc(-c2ccc(OC)c(OC)c2)n1N. The molecule has 0 atom stereocenters. The molecule has 0 saturated heterocycles. The van der Waals surface area contributed by atoms with E-state index in [9.17, 15) is 4.79 Å². The first-order valence-corrected chi connectivity index (χ1v) is 9.09. The van der Waals surface area contributed by atoms with Crippen molar-refractivity contribution in [2.45, 2.75) is 5.16 Å². The van der Waals surface area contributed by atoms with Gasteiger partial charge in [0.05, 0.1) is 20.0 Å². The summed E-state index contributed by atoms with van der Waals surface area (Å²) in [4.78, 5) is 14.0. The van der Waals surface area contributed by atoms with Crippen molar-refractivity contribution < 1.29 is 14.3 Å². The highest BCUT2D eigenvalue weighted by atomic mass is 32.2. The van der Waals surface area contributed by atoms with Gasteiger partial charge in [-0.15, -0.1) is 23.4 Å². The average Bonchev–Trinajstić information content (AvgIpc) is 3.05. The largest absolute Gasteiger partial charge is 0.493 e. The highest BCUT2D eigenvalue weighted by molar-refractivity contribution is 7.99. The number of benzene rings is 1. The molecule has 0 bridgehead atoms. The highest BCUT2D eigenvalue weighted by Crippen LogP contribution is 2.32. The van der Waals surface area contributed by atoms with Crippen LogP contribution in [0.25, 0.3) is 11.4 Å². The van der Waals surface area contributed by atoms with Crippen molar-refractivity contribution >= 4 is 17.7 Å². The zero-order valence-corrected chi connectivity index (χ0v) is 16.2. The summed E-state index contributed by atoms with van der Waals surface area (Å²) in [7, 11) is 3.12. The maximum Gasteiger partial charge on any atom is 0.233 e. The molecule has 9 heteroatoms. The lowest BCUT2D eigenvalue weighted by atomic mass is 10.2. The zero-order valence-electron chi connectivity index (χ0n) is 15.4. The molecule has 0 fully saturated rings. The van der Waals surface area contributed by atoms with E-state index in [1.807, 2.05) is 6.07 Å². The topological polar surface area (TPSA) is 95.5 Å². The van der Waals surface area contributed by atoms with Crippen LogP contribution in [0.4, 0.5) is 0 Å². The Hall–Kier alpha value is -2.94. The fourth-order valence-corrected chi connectivity index (χ4v) is 3.11. The third-order valence-corrected chi connectivity index (χ3v) is 4.61. The van der Waals surface area contributed by atoms with Crippen LogP contribution in [-0.4, -0.2) is 58.7 Å². The van der Waals surface area contributed by atoms with E-state index in [1.54, 1.807) is 43.4 Å². The fourth-order valence-electron chi connectivity index (χ4n) is 2.36. The monoisotopic (exact) mass is 389 g/mol. The first-order valence-electron chi connectivity index (χ1n) is 8.10. The lowest BCUT2D eigenvalue weighted by Crippen LogP contribution is -2.32. The first kappa shape index (κ1) is 20.4. The number of hydrogen-bond acceptors (Lipinski definition) is 7. The second-order valence-electron chi connectivity index (χ2n) is 5.41. The van der Waals surface area contributed by atoms with E-state index in [4.69, 9.17) is 15.3 Å². The predicted octanol–water partition coefficient (Wildman–Crippen LogP) is 1.97. The van der Waals surface area contributed by atoms with Crippen molar-refractivity contribution in [3.63, 3.8) is 0 Å². The maximum atomic E-state index is 12.3. The molecule has 8 nitrogen and oxygen atoms in total. The fraction of sp³-hybridized carbons (Fsp3) is 0.278. The summed E-state index contributed by atoms with van der Waals surface area (Å²) >= 11 is 1.22. The summed E-state index contributed by atoms with van der Waals surface area (Å²) in [5.41, 5.74) is 0.723. The molecule has 0 saturated carbocycles. The van der Waals surface area contributed by atoms with E-state index < -0.39 is 0 Å². The van der Waals surface area contributed by atoms with E-state index in [1.165, 1.54) is 16.4 Å². The van der Waals surface area contributed by atoms with Crippen LogP contribution in [0.5, 0.6) is 11.5 Å². The van der Waals surface area contributed by atoms with E-state index in [2.05, 4.69) is 23.4 Å². The van der Waals surface area contributed by atoms with Gasteiger partial charge in [-0.05, 0) is 18.2 Å².